The van der Waals surface area contributed by atoms with Crippen LogP contribution < -0.4 is 10.6 Å². The molecule has 1 atom stereocenters. The summed E-state index contributed by atoms with van der Waals surface area (Å²) >= 11 is 0. The van der Waals surface area contributed by atoms with Crippen LogP contribution in [0.5, 0.6) is 0 Å². The van der Waals surface area contributed by atoms with Crippen LogP contribution in [-0.4, -0.2) is 43.4 Å². The molecule has 2 aromatic rings. The van der Waals surface area contributed by atoms with Gasteiger partial charge in [-0.3, -0.25) is 4.79 Å². The van der Waals surface area contributed by atoms with Crippen molar-refractivity contribution in [1.29, 1.82) is 0 Å². The number of carbonyl (C=O) groups excluding carboxylic acids is 1. The van der Waals surface area contributed by atoms with Gasteiger partial charge in [0, 0.05) is 12.5 Å². The van der Waals surface area contributed by atoms with Gasteiger partial charge in [0.25, 0.3) is 0 Å². The van der Waals surface area contributed by atoms with Crippen LogP contribution in [0.2, 0.25) is 0 Å². The summed E-state index contributed by atoms with van der Waals surface area (Å²) in [6, 6.07) is 15.6. The number of nitrogens with one attached hydrogen (secondary N) is 2. The molecule has 3 rings (SSSR count). The summed E-state index contributed by atoms with van der Waals surface area (Å²) < 4.78 is 5.40. The van der Waals surface area contributed by atoms with Gasteiger partial charge in [0.2, 0.25) is 0 Å². The highest BCUT2D eigenvalue weighted by Crippen LogP contribution is 2.44. The zero-order valence-electron chi connectivity index (χ0n) is 14.6. The molecule has 1 aliphatic rings. The third kappa shape index (κ3) is 3.70. The molecule has 0 saturated heterocycles. The maximum Gasteiger partial charge on any atom is 0.407 e. The van der Waals surface area contributed by atoms with Crippen LogP contribution >= 0.6 is 0 Å². The molecular weight excluding hydrogens is 332 g/mol. The highest BCUT2D eigenvalue weighted by molar-refractivity contribution is 5.79. The molecule has 26 heavy (non-hydrogen) atoms. The second kappa shape index (κ2) is 8.01. The predicted octanol–water partition coefficient (Wildman–Crippen LogP) is 2.59. The molecule has 2 aromatic carbocycles. The molecule has 6 nitrogen and oxygen atoms in total. The number of alkyl carbamates (subject to hydrolysis) is 1. The summed E-state index contributed by atoms with van der Waals surface area (Å²) in [6.07, 6.45) is -0.247. The second-order valence-corrected chi connectivity index (χ2v) is 6.22. The monoisotopic (exact) mass is 354 g/mol. The van der Waals surface area contributed by atoms with Gasteiger partial charge in [0.05, 0.1) is 0 Å². The van der Waals surface area contributed by atoms with E-state index in [9.17, 15) is 9.59 Å². The number of carboxylic acids is 1. The van der Waals surface area contributed by atoms with Crippen molar-refractivity contribution in [3.05, 3.63) is 59.7 Å². The molecule has 0 fully saturated rings. The number of carboxylic acid groups (broad SMARTS) is 1. The van der Waals surface area contributed by atoms with Crippen molar-refractivity contribution in [2.75, 3.05) is 20.2 Å². The Balaban J connectivity index is 1.58. The smallest absolute Gasteiger partial charge is 0.407 e. The quantitative estimate of drug-likeness (QED) is 0.711. The molecule has 0 aliphatic heterocycles. The first kappa shape index (κ1) is 17.9. The van der Waals surface area contributed by atoms with Gasteiger partial charge < -0.3 is 20.5 Å². The SMILES string of the molecule is CNC(CCNC(=O)OCC1c2ccccc2-c2ccccc21)C(=O)O. The van der Waals surface area contributed by atoms with Gasteiger partial charge in [0.15, 0.2) is 0 Å². The number of aliphatic carboxylic acids is 1. The maximum atomic E-state index is 12.0. The first-order chi connectivity index (χ1) is 12.6. The summed E-state index contributed by atoms with van der Waals surface area (Å²) in [6.45, 7) is 0.475. The average Bonchev–Trinajstić information content (AvgIpc) is 2.97. The molecule has 0 radical (unpaired) electrons. The number of carbonyl (C=O) groups is 2. The highest BCUT2D eigenvalue weighted by Gasteiger charge is 2.29. The Kier molecular flexibility index (Phi) is 5.53. The van der Waals surface area contributed by atoms with Gasteiger partial charge in [-0.1, -0.05) is 48.5 Å². The van der Waals surface area contributed by atoms with E-state index in [1.165, 1.54) is 11.1 Å². The molecule has 3 N–H and O–H groups in total. The molecular formula is C20H22N2O4. The number of ether oxygens (including phenoxy) is 1. The van der Waals surface area contributed by atoms with Crippen LogP contribution in [0.4, 0.5) is 4.79 Å². The van der Waals surface area contributed by atoms with Crippen LogP contribution in [0.15, 0.2) is 48.5 Å². The van der Waals surface area contributed by atoms with E-state index in [2.05, 4.69) is 34.9 Å². The number of rotatable bonds is 7. The van der Waals surface area contributed by atoms with Gasteiger partial charge in [-0.05, 0) is 35.7 Å². The Morgan fingerprint density at radius 2 is 1.65 bits per heavy atom. The molecule has 0 bridgehead atoms. The minimum absolute atomic E-state index is 0.0113. The van der Waals surface area contributed by atoms with Crippen molar-refractivity contribution in [3.63, 3.8) is 0 Å². The molecule has 0 spiro atoms. The molecule has 0 saturated carbocycles. The minimum Gasteiger partial charge on any atom is -0.480 e. The summed E-state index contributed by atoms with van der Waals surface area (Å²) in [4.78, 5) is 22.9. The Bertz CT molecular complexity index is 760. The van der Waals surface area contributed by atoms with Crippen LogP contribution in [0.3, 0.4) is 0 Å². The van der Waals surface area contributed by atoms with Crippen molar-refractivity contribution >= 4 is 12.1 Å². The van der Waals surface area contributed by atoms with Crippen molar-refractivity contribution in [1.82, 2.24) is 10.6 Å². The zero-order chi connectivity index (χ0) is 18.5. The molecule has 1 aliphatic carbocycles. The third-order valence-corrected chi connectivity index (χ3v) is 4.69. The Morgan fingerprint density at radius 3 is 2.19 bits per heavy atom. The number of likely N-dealkylation sites (N-methyl/N-ethyl adjacent to an activating group) is 1. The summed E-state index contributed by atoms with van der Waals surface area (Å²) in [7, 11) is 1.58. The number of benzene rings is 2. The molecule has 1 amide bonds. The van der Waals surface area contributed by atoms with Gasteiger partial charge in [-0.15, -0.1) is 0 Å². The van der Waals surface area contributed by atoms with Gasteiger partial charge in [-0.2, -0.15) is 0 Å². The lowest BCUT2D eigenvalue weighted by Gasteiger charge is -2.15. The van der Waals surface area contributed by atoms with Crippen LogP contribution in [-0.2, 0) is 9.53 Å². The summed E-state index contributed by atoms with van der Waals surface area (Å²) in [5, 5.41) is 14.3. The fraction of sp³-hybridized carbons (Fsp3) is 0.300. The van der Waals surface area contributed by atoms with Crippen molar-refractivity contribution in [2.45, 2.75) is 18.4 Å². The lowest BCUT2D eigenvalue weighted by molar-refractivity contribution is -0.139. The molecule has 0 aromatic heterocycles. The fourth-order valence-electron chi connectivity index (χ4n) is 3.36. The molecule has 136 valence electrons. The number of fused-ring (bicyclic) bond motifs is 3. The van der Waals surface area contributed by atoms with Crippen molar-refractivity contribution < 1.29 is 19.4 Å². The zero-order valence-corrected chi connectivity index (χ0v) is 14.6. The standard InChI is InChI=1S/C20H22N2O4/c1-21-18(19(23)24)10-11-22-20(25)26-12-17-15-8-4-2-6-13(15)14-7-3-5-9-16(14)17/h2-9,17-18,21H,10-12H2,1H3,(H,22,25)(H,23,24). The predicted molar refractivity (Wildman–Crippen MR) is 98.2 cm³/mol. The maximum absolute atomic E-state index is 12.0. The molecule has 1 unspecified atom stereocenters. The van der Waals surface area contributed by atoms with Gasteiger partial charge in [-0.25, -0.2) is 4.79 Å². The van der Waals surface area contributed by atoms with E-state index in [0.29, 0.717) is 0 Å². The van der Waals surface area contributed by atoms with E-state index in [1.807, 2.05) is 24.3 Å². The summed E-state index contributed by atoms with van der Waals surface area (Å²) in [5.74, 6) is -0.931. The van der Waals surface area contributed by atoms with Crippen LogP contribution in [0, 0.1) is 0 Å². The van der Waals surface area contributed by atoms with E-state index in [0.717, 1.165) is 11.1 Å². The lowest BCUT2D eigenvalue weighted by Crippen LogP contribution is -2.38. The third-order valence-electron chi connectivity index (χ3n) is 4.69. The van der Waals surface area contributed by atoms with Crippen molar-refractivity contribution in [3.8, 4) is 11.1 Å². The minimum atomic E-state index is -0.943. The Labute approximate surface area is 152 Å². The average molecular weight is 354 g/mol. The van der Waals surface area contributed by atoms with E-state index < -0.39 is 18.1 Å². The van der Waals surface area contributed by atoms with Crippen LogP contribution in [0.1, 0.15) is 23.5 Å². The number of hydrogen-bond acceptors (Lipinski definition) is 4. The Morgan fingerprint density at radius 1 is 1.08 bits per heavy atom. The van der Waals surface area contributed by atoms with Crippen molar-refractivity contribution in [2.24, 2.45) is 0 Å². The number of amides is 1. The van der Waals surface area contributed by atoms with E-state index in [1.54, 1.807) is 7.05 Å². The van der Waals surface area contributed by atoms with E-state index in [4.69, 9.17) is 9.84 Å². The van der Waals surface area contributed by atoms with E-state index in [-0.39, 0.29) is 25.5 Å². The van der Waals surface area contributed by atoms with E-state index >= 15 is 0 Å². The summed E-state index contributed by atoms with van der Waals surface area (Å²) in [5.41, 5.74) is 4.66. The normalized spacial score (nSPS) is 13.6. The Hall–Kier alpha value is -2.86. The second-order valence-electron chi connectivity index (χ2n) is 6.22. The fourth-order valence-corrected chi connectivity index (χ4v) is 3.36. The highest BCUT2D eigenvalue weighted by atomic mass is 16.5. The lowest BCUT2D eigenvalue weighted by atomic mass is 9.98. The van der Waals surface area contributed by atoms with Crippen LogP contribution in [0.25, 0.3) is 11.1 Å². The first-order valence-corrected chi connectivity index (χ1v) is 8.60. The van der Waals surface area contributed by atoms with Gasteiger partial charge >= 0.3 is 12.1 Å². The molecule has 6 heteroatoms. The largest absolute Gasteiger partial charge is 0.480 e. The first-order valence-electron chi connectivity index (χ1n) is 8.60. The number of hydrogen-bond donors (Lipinski definition) is 3. The molecule has 0 heterocycles. The van der Waals surface area contributed by atoms with Gasteiger partial charge in [0.1, 0.15) is 12.6 Å². The topological polar surface area (TPSA) is 87.7 Å².